The van der Waals surface area contributed by atoms with Crippen LogP contribution in [0.25, 0.3) is 0 Å². The summed E-state index contributed by atoms with van der Waals surface area (Å²) in [7, 11) is 0. The molecule has 2 atom stereocenters. The van der Waals surface area contributed by atoms with Crippen LogP contribution in [0.5, 0.6) is 11.5 Å². The normalized spacial score (nSPS) is 19.6. The number of carbonyl (C=O) groups is 1. The van der Waals surface area contributed by atoms with Crippen LogP contribution in [0.1, 0.15) is 34.8 Å². The van der Waals surface area contributed by atoms with E-state index in [2.05, 4.69) is 15.7 Å². The molecule has 0 saturated carbocycles. The van der Waals surface area contributed by atoms with Crippen LogP contribution in [0, 0.1) is 0 Å². The van der Waals surface area contributed by atoms with Crippen molar-refractivity contribution in [2.24, 2.45) is 0 Å². The zero-order chi connectivity index (χ0) is 21.8. The lowest BCUT2D eigenvalue weighted by Crippen LogP contribution is -2.35. The predicted octanol–water partition coefficient (Wildman–Crippen LogP) is 4.77. The Labute approximate surface area is 177 Å². The number of ether oxygens (including phenoxy) is 2. The van der Waals surface area contributed by atoms with Crippen molar-refractivity contribution >= 4 is 29.0 Å². The maximum Gasteiger partial charge on any atom is 0.410 e. The van der Waals surface area contributed by atoms with Crippen LogP contribution in [-0.4, -0.2) is 28.7 Å². The molecule has 0 radical (unpaired) electrons. The number of carbonyl (C=O) groups excluding carboxylic acids is 1. The van der Waals surface area contributed by atoms with Crippen LogP contribution in [0.15, 0.2) is 41.0 Å². The third-order valence-electron chi connectivity index (χ3n) is 5.03. The number of hydrogen-bond donors (Lipinski definition) is 2. The van der Waals surface area contributed by atoms with Gasteiger partial charge in [-0.05, 0) is 24.3 Å². The van der Waals surface area contributed by atoms with Gasteiger partial charge in [0.1, 0.15) is 16.6 Å². The number of hydrogen-bond acceptors (Lipinski definition) is 6. The van der Waals surface area contributed by atoms with Gasteiger partial charge in [-0.2, -0.15) is 18.3 Å². The van der Waals surface area contributed by atoms with E-state index in [1.54, 1.807) is 24.3 Å². The van der Waals surface area contributed by atoms with E-state index >= 15 is 0 Å². The summed E-state index contributed by atoms with van der Waals surface area (Å²) >= 11 is 6.29. The molecule has 0 fully saturated rings. The number of rotatable bonds is 3. The van der Waals surface area contributed by atoms with Crippen LogP contribution in [-0.2, 0) is 0 Å². The summed E-state index contributed by atoms with van der Waals surface area (Å²) in [5.74, 6) is 0.419. The second-order valence-corrected chi connectivity index (χ2v) is 7.36. The standard InChI is InChI=1S/C19H14ClF3N4O4/c20-15-16(18(28)24-9-3-4-12-13(6-9)31-8-30-12)26-27-14(19(21,22)23)7-10(25-17(15)27)11-2-1-5-29-11/h1-6,10,14,25H,7-8H2,(H,24,28)/t10-,14+/m0/s1. The van der Waals surface area contributed by atoms with E-state index in [-0.39, 0.29) is 29.7 Å². The quantitative estimate of drug-likeness (QED) is 0.592. The number of nitrogens with one attached hydrogen (secondary N) is 2. The summed E-state index contributed by atoms with van der Waals surface area (Å²) in [5, 5.41) is 9.14. The van der Waals surface area contributed by atoms with E-state index in [0.717, 1.165) is 0 Å². The third-order valence-corrected chi connectivity index (χ3v) is 5.39. The van der Waals surface area contributed by atoms with Gasteiger partial charge in [0, 0.05) is 18.2 Å². The minimum absolute atomic E-state index is 0.0632. The molecule has 1 amide bonds. The molecule has 2 aliphatic heterocycles. The molecule has 31 heavy (non-hydrogen) atoms. The van der Waals surface area contributed by atoms with Gasteiger partial charge in [0.05, 0.1) is 12.3 Å². The van der Waals surface area contributed by atoms with Gasteiger partial charge in [0.2, 0.25) is 6.79 Å². The predicted molar refractivity (Wildman–Crippen MR) is 103 cm³/mol. The molecule has 1 aromatic carbocycles. The maximum atomic E-state index is 13.8. The van der Waals surface area contributed by atoms with Crippen LogP contribution >= 0.6 is 11.6 Å². The van der Waals surface area contributed by atoms with Gasteiger partial charge in [-0.1, -0.05) is 11.6 Å². The Morgan fingerprint density at radius 2 is 2.06 bits per heavy atom. The lowest BCUT2D eigenvalue weighted by molar-refractivity contribution is -0.174. The SMILES string of the molecule is O=C(Nc1ccc2c(c1)OCO2)c1nn2c(c1Cl)N[C@H](c1ccco1)C[C@@H]2C(F)(F)F. The van der Waals surface area contributed by atoms with Gasteiger partial charge in [-0.25, -0.2) is 4.68 Å². The molecule has 4 heterocycles. The first-order chi connectivity index (χ1) is 14.8. The second-order valence-electron chi connectivity index (χ2n) is 6.98. The Balaban J connectivity index is 1.47. The van der Waals surface area contributed by atoms with E-state index in [9.17, 15) is 18.0 Å². The smallest absolute Gasteiger partial charge is 0.410 e. The molecular formula is C19H14ClF3N4O4. The lowest BCUT2D eigenvalue weighted by Gasteiger charge is -2.32. The van der Waals surface area contributed by atoms with Gasteiger partial charge in [-0.15, -0.1) is 0 Å². The Morgan fingerprint density at radius 3 is 2.81 bits per heavy atom. The fourth-order valence-electron chi connectivity index (χ4n) is 3.58. The monoisotopic (exact) mass is 454 g/mol. The summed E-state index contributed by atoms with van der Waals surface area (Å²) in [6.45, 7) is 0.0632. The highest BCUT2D eigenvalue weighted by Gasteiger charge is 2.48. The van der Waals surface area contributed by atoms with E-state index in [0.29, 0.717) is 27.6 Å². The largest absolute Gasteiger partial charge is 0.467 e. The van der Waals surface area contributed by atoms with Gasteiger partial charge < -0.3 is 24.5 Å². The molecule has 12 heteroatoms. The van der Waals surface area contributed by atoms with Crippen LogP contribution in [0.2, 0.25) is 5.02 Å². The van der Waals surface area contributed by atoms with Gasteiger partial charge in [-0.3, -0.25) is 4.79 Å². The Hall–Kier alpha value is -3.34. The number of halogens is 4. The summed E-state index contributed by atoms with van der Waals surface area (Å²) in [6, 6.07) is 5.09. The highest BCUT2D eigenvalue weighted by molar-refractivity contribution is 6.36. The van der Waals surface area contributed by atoms with Crippen molar-refractivity contribution in [3.05, 3.63) is 53.1 Å². The van der Waals surface area contributed by atoms with E-state index in [1.165, 1.54) is 12.3 Å². The molecule has 0 bridgehead atoms. The summed E-state index contributed by atoms with van der Waals surface area (Å²) in [4.78, 5) is 12.7. The first-order valence-electron chi connectivity index (χ1n) is 9.17. The molecule has 3 aromatic rings. The zero-order valence-corrected chi connectivity index (χ0v) is 16.3. The fourth-order valence-corrected chi connectivity index (χ4v) is 3.84. The van der Waals surface area contributed by atoms with Crippen molar-refractivity contribution in [3.8, 4) is 11.5 Å². The Morgan fingerprint density at radius 1 is 1.26 bits per heavy atom. The molecule has 0 unspecified atom stereocenters. The molecule has 5 rings (SSSR count). The molecule has 0 spiro atoms. The lowest BCUT2D eigenvalue weighted by atomic mass is 10.0. The Kier molecular flexibility index (Phi) is 4.50. The zero-order valence-electron chi connectivity index (χ0n) is 15.6. The van der Waals surface area contributed by atoms with Crippen molar-refractivity contribution in [1.29, 1.82) is 0 Å². The van der Waals surface area contributed by atoms with Crippen LogP contribution < -0.4 is 20.1 Å². The first-order valence-corrected chi connectivity index (χ1v) is 9.54. The third kappa shape index (κ3) is 3.44. The number of nitrogens with zero attached hydrogens (tertiary/aromatic N) is 2. The van der Waals surface area contributed by atoms with Crippen molar-refractivity contribution in [2.45, 2.75) is 24.7 Å². The van der Waals surface area contributed by atoms with Gasteiger partial charge >= 0.3 is 6.18 Å². The van der Waals surface area contributed by atoms with Crippen molar-refractivity contribution < 1.29 is 31.9 Å². The summed E-state index contributed by atoms with van der Waals surface area (Å²) < 4.78 is 57.7. The average Bonchev–Trinajstić information content (AvgIpc) is 3.46. The van der Waals surface area contributed by atoms with Gasteiger partial charge in [0.15, 0.2) is 23.2 Å². The molecule has 8 nitrogen and oxygen atoms in total. The number of anilines is 2. The Bertz CT molecular complexity index is 1150. The topological polar surface area (TPSA) is 90.5 Å². The molecule has 162 valence electrons. The van der Waals surface area contributed by atoms with Crippen molar-refractivity contribution in [2.75, 3.05) is 17.4 Å². The van der Waals surface area contributed by atoms with Crippen LogP contribution in [0.4, 0.5) is 24.7 Å². The first kappa shape index (κ1) is 19.6. The molecule has 2 N–H and O–H groups in total. The number of benzene rings is 1. The number of alkyl halides is 3. The molecule has 0 aliphatic carbocycles. The van der Waals surface area contributed by atoms with Crippen LogP contribution in [0.3, 0.4) is 0 Å². The highest BCUT2D eigenvalue weighted by atomic mass is 35.5. The van der Waals surface area contributed by atoms with Crippen molar-refractivity contribution in [3.63, 3.8) is 0 Å². The summed E-state index contributed by atoms with van der Waals surface area (Å²) in [5.41, 5.74) is 0.0151. The summed E-state index contributed by atoms with van der Waals surface area (Å²) in [6.07, 6.45) is -3.61. The van der Waals surface area contributed by atoms with E-state index in [4.69, 9.17) is 25.5 Å². The van der Waals surface area contributed by atoms with E-state index in [1.807, 2.05) is 0 Å². The molecule has 0 saturated heterocycles. The maximum absolute atomic E-state index is 13.8. The average molecular weight is 455 g/mol. The molecule has 2 aliphatic rings. The minimum Gasteiger partial charge on any atom is -0.467 e. The molecule has 2 aromatic heterocycles. The highest BCUT2D eigenvalue weighted by Crippen LogP contribution is 2.46. The minimum atomic E-state index is -4.61. The number of furan rings is 1. The van der Waals surface area contributed by atoms with Crippen molar-refractivity contribution in [1.82, 2.24) is 9.78 Å². The molecular weight excluding hydrogens is 441 g/mol. The number of aromatic nitrogens is 2. The number of amides is 1. The van der Waals surface area contributed by atoms with E-state index < -0.39 is 24.2 Å². The fraction of sp³-hybridized carbons (Fsp3) is 0.263. The second kappa shape index (κ2) is 7.12. The van der Waals surface area contributed by atoms with Gasteiger partial charge in [0.25, 0.3) is 5.91 Å². The number of fused-ring (bicyclic) bond motifs is 2.